The number of carbonyl (C=O) groups is 2. The third kappa shape index (κ3) is 3.75. The van der Waals surface area contributed by atoms with E-state index >= 15 is 4.39 Å². The molecule has 3 aromatic rings. The van der Waals surface area contributed by atoms with Crippen LogP contribution in [0.4, 0.5) is 8.78 Å². The van der Waals surface area contributed by atoms with E-state index < -0.39 is 35.2 Å². The van der Waals surface area contributed by atoms with E-state index in [0.29, 0.717) is 5.02 Å². The lowest BCUT2D eigenvalue weighted by molar-refractivity contribution is -0.150. The molecule has 1 N–H and O–H groups in total. The minimum absolute atomic E-state index is 0.0872. The van der Waals surface area contributed by atoms with Gasteiger partial charge in [0.15, 0.2) is 17.4 Å². The normalized spacial score (nSPS) is 15.3. The second kappa shape index (κ2) is 8.54. The molecule has 0 radical (unpaired) electrons. The largest absolute Gasteiger partial charge is 0.503 e. The number of ether oxygens (including phenoxy) is 1. The number of aromatic nitrogens is 1. The van der Waals surface area contributed by atoms with Crippen LogP contribution >= 0.6 is 11.6 Å². The molecule has 1 atom stereocenters. The van der Waals surface area contributed by atoms with Crippen LogP contribution in [0.25, 0.3) is 10.9 Å². The Labute approximate surface area is 188 Å². The fourth-order valence-electron chi connectivity index (χ4n) is 4.44. The van der Waals surface area contributed by atoms with Crippen LogP contribution in [0.3, 0.4) is 0 Å². The molecule has 0 aliphatic heterocycles. The van der Waals surface area contributed by atoms with E-state index in [9.17, 15) is 19.1 Å². The third-order valence-electron chi connectivity index (χ3n) is 6.05. The van der Waals surface area contributed by atoms with Crippen LogP contribution in [0.2, 0.25) is 5.02 Å². The van der Waals surface area contributed by atoms with Crippen LogP contribution in [0.5, 0.6) is 5.75 Å². The molecule has 32 heavy (non-hydrogen) atoms. The molecule has 0 bridgehead atoms. The molecule has 8 heteroatoms. The molecule has 168 valence electrons. The Bertz CT molecular complexity index is 1230. The predicted molar refractivity (Wildman–Crippen MR) is 116 cm³/mol. The summed E-state index contributed by atoms with van der Waals surface area (Å²) in [5.74, 6) is -5.66. The van der Waals surface area contributed by atoms with Gasteiger partial charge in [-0.1, -0.05) is 17.7 Å². The molecule has 2 aromatic carbocycles. The maximum absolute atomic E-state index is 15.1. The Kier molecular flexibility index (Phi) is 5.95. The van der Waals surface area contributed by atoms with Gasteiger partial charge in [0, 0.05) is 27.7 Å². The highest BCUT2D eigenvalue weighted by molar-refractivity contribution is 6.31. The molecule has 0 saturated heterocycles. The summed E-state index contributed by atoms with van der Waals surface area (Å²) in [6, 6.07) is 7.06. The van der Waals surface area contributed by atoms with E-state index in [0.717, 1.165) is 36.3 Å². The minimum Gasteiger partial charge on any atom is -0.503 e. The lowest BCUT2D eigenvalue weighted by Crippen LogP contribution is -2.20. The van der Waals surface area contributed by atoms with Gasteiger partial charge < -0.3 is 9.84 Å². The number of aromatic hydroxyl groups is 1. The summed E-state index contributed by atoms with van der Waals surface area (Å²) < 4.78 is 36.1. The van der Waals surface area contributed by atoms with Crippen molar-refractivity contribution in [3.63, 3.8) is 0 Å². The fourth-order valence-corrected chi connectivity index (χ4v) is 4.63. The first-order chi connectivity index (χ1) is 15.2. The Morgan fingerprint density at radius 2 is 1.91 bits per heavy atom. The molecule has 1 saturated carbocycles. The molecule has 1 fully saturated rings. The molecular weight excluding hydrogens is 440 g/mol. The molecular formula is C24H22ClF2NO4. The number of nitrogens with zero attached hydrogens (tertiary/aromatic N) is 1. The lowest BCUT2D eigenvalue weighted by atomic mass is 9.97. The first-order valence-electron chi connectivity index (χ1n) is 10.4. The van der Waals surface area contributed by atoms with Crippen molar-refractivity contribution in [1.29, 1.82) is 0 Å². The number of fused-ring (bicyclic) bond motifs is 1. The molecule has 0 spiro atoms. The van der Waals surface area contributed by atoms with Crippen molar-refractivity contribution in [1.82, 2.24) is 4.57 Å². The number of halogens is 3. The van der Waals surface area contributed by atoms with E-state index in [-0.39, 0.29) is 33.8 Å². The maximum Gasteiger partial charge on any atom is 0.313 e. The van der Waals surface area contributed by atoms with Gasteiger partial charge in [-0.2, -0.15) is 0 Å². The smallest absolute Gasteiger partial charge is 0.313 e. The highest BCUT2D eigenvalue weighted by Gasteiger charge is 2.32. The average Bonchev–Trinajstić information content (AvgIpc) is 3.36. The van der Waals surface area contributed by atoms with Gasteiger partial charge in [0.2, 0.25) is 0 Å². The molecule has 0 amide bonds. The number of hydrogen-bond donors (Lipinski definition) is 1. The highest BCUT2D eigenvalue weighted by Crippen LogP contribution is 2.39. The third-order valence-corrected chi connectivity index (χ3v) is 6.29. The molecule has 1 unspecified atom stereocenters. The van der Waals surface area contributed by atoms with Crippen molar-refractivity contribution in [2.45, 2.75) is 51.6 Å². The van der Waals surface area contributed by atoms with Crippen molar-refractivity contribution in [2.24, 2.45) is 0 Å². The van der Waals surface area contributed by atoms with Crippen LogP contribution in [-0.4, -0.2) is 27.7 Å². The van der Waals surface area contributed by atoms with Gasteiger partial charge >= 0.3 is 5.97 Å². The van der Waals surface area contributed by atoms with Gasteiger partial charge in [0.05, 0.1) is 11.4 Å². The van der Waals surface area contributed by atoms with Crippen LogP contribution < -0.4 is 0 Å². The molecule has 4 rings (SSSR count). The van der Waals surface area contributed by atoms with Crippen molar-refractivity contribution < 1.29 is 28.2 Å². The summed E-state index contributed by atoms with van der Waals surface area (Å²) in [4.78, 5) is 26.2. The van der Waals surface area contributed by atoms with Crippen LogP contribution in [0, 0.1) is 18.6 Å². The van der Waals surface area contributed by atoms with Crippen LogP contribution in [0.1, 0.15) is 60.1 Å². The topological polar surface area (TPSA) is 68.5 Å². The maximum atomic E-state index is 15.1. The van der Waals surface area contributed by atoms with E-state index in [4.69, 9.17) is 16.3 Å². The van der Waals surface area contributed by atoms with Gasteiger partial charge in [-0.05, 0) is 63.3 Å². The summed E-state index contributed by atoms with van der Waals surface area (Å²) in [6.07, 6.45) is 3.29. The number of phenols is 1. The van der Waals surface area contributed by atoms with Gasteiger partial charge in [0.1, 0.15) is 6.10 Å². The number of benzene rings is 2. The number of carbonyl (C=O) groups excluding carboxylic acids is 2. The Hall–Kier alpha value is -2.93. The molecule has 1 aliphatic carbocycles. The standard InChI is InChI=1S/C24H22ClF2NO4/c1-12(24(31)32-16-8-3-4-9-16)19-13(2)28(23(30)14-6-5-7-15(25)10-14)18-11-17(26)22(29)21(27)20(18)19/h5-7,10-12,16,29H,3-4,8-9H2,1-2H3. The van der Waals surface area contributed by atoms with Crippen molar-refractivity contribution in [3.05, 3.63) is 63.8 Å². The van der Waals surface area contributed by atoms with Gasteiger partial charge in [-0.3, -0.25) is 14.2 Å². The summed E-state index contributed by atoms with van der Waals surface area (Å²) in [7, 11) is 0. The van der Waals surface area contributed by atoms with Crippen molar-refractivity contribution >= 4 is 34.4 Å². The van der Waals surface area contributed by atoms with Crippen LogP contribution in [0.15, 0.2) is 30.3 Å². The van der Waals surface area contributed by atoms with Gasteiger partial charge in [-0.25, -0.2) is 8.78 Å². The predicted octanol–water partition coefficient (Wildman–Crippen LogP) is 5.86. The van der Waals surface area contributed by atoms with Crippen molar-refractivity contribution in [3.8, 4) is 5.75 Å². The van der Waals surface area contributed by atoms with E-state index in [1.807, 2.05) is 0 Å². The zero-order valence-electron chi connectivity index (χ0n) is 17.6. The van der Waals surface area contributed by atoms with Crippen molar-refractivity contribution in [2.75, 3.05) is 0 Å². The number of rotatable bonds is 4. The van der Waals surface area contributed by atoms with E-state index in [1.165, 1.54) is 12.1 Å². The quantitative estimate of drug-likeness (QED) is 0.494. The van der Waals surface area contributed by atoms with Gasteiger partial charge in [0.25, 0.3) is 5.91 Å². The number of esters is 1. The molecule has 1 aromatic heterocycles. The van der Waals surface area contributed by atoms with Gasteiger partial charge in [-0.15, -0.1) is 0 Å². The highest BCUT2D eigenvalue weighted by atomic mass is 35.5. The molecule has 1 aliphatic rings. The second-order valence-electron chi connectivity index (χ2n) is 8.13. The monoisotopic (exact) mass is 461 g/mol. The molecule has 5 nitrogen and oxygen atoms in total. The summed E-state index contributed by atoms with van der Waals surface area (Å²) >= 11 is 6.01. The number of phenolic OH excluding ortho intramolecular Hbond substituents is 1. The van der Waals surface area contributed by atoms with E-state index in [2.05, 4.69) is 0 Å². The summed E-state index contributed by atoms with van der Waals surface area (Å²) in [6.45, 7) is 3.10. The number of hydrogen-bond acceptors (Lipinski definition) is 4. The molecule has 1 heterocycles. The second-order valence-corrected chi connectivity index (χ2v) is 8.57. The first-order valence-corrected chi connectivity index (χ1v) is 10.8. The summed E-state index contributed by atoms with van der Waals surface area (Å²) in [5, 5.41) is 10.0. The minimum atomic E-state index is -1.23. The Morgan fingerprint density at radius 3 is 2.56 bits per heavy atom. The van der Waals surface area contributed by atoms with E-state index in [1.54, 1.807) is 26.0 Å². The SMILES string of the molecule is Cc1c(C(C)C(=O)OC2CCCC2)c2c(F)c(O)c(F)cc2n1C(=O)c1cccc(Cl)c1. The lowest BCUT2D eigenvalue weighted by Gasteiger charge is -2.17. The average molecular weight is 462 g/mol. The van der Waals surface area contributed by atoms with Crippen LogP contribution in [-0.2, 0) is 9.53 Å². The summed E-state index contributed by atoms with van der Waals surface area (Å²) in [5.41, 5.74) is 0.547. The fraction of sp³-hybridized carbons (Fsp3) is 0.333. The zero-order chi connectivity index (χ0) is 23.2. The Balaban J connectivity index is 1.89. The zero-order valence-corrected chi connectivity index (χ0v) is 18.4. The Morgan fingerprint density at radius 1 is 1.22 bits per heavy atom. The first kappa shape index (κ1) is 22.3.